The lowest BCUT2D eigenvalue weighted by molar-refractivity contribution is -0.138. The monoisotopic (exact) mass is 721 g/mol. The predicted molar refractivity (Wildman–Crippen MR) is 167 cm³/mol. The molecule has 0 spiro atoms. The number of nitrogens with one attached hydrogen (secondary N) is 1. The molecule has 0 heterocycles. The van der Waals surface area contributed by atoms with E-state index in [9.17, 15) is 9.59 Å². The van der Waals surface area contributed by atoms with Crippen molar-refractivity contribution in [2.45, 2.75) is 19.3 Å². The van der Waals surface area contributed by atoms with Gasteiger partial charge in [0.25, 0.3) is 0 Å². The topological polar surface area (TPSA) is 168 Å². The zero-order valence-corrected chi connectivity index (χ0v) is 28.3. The molecule has 268 valence electrons. The van der Waals surface area contributed by atoms with Gasteiger partial charge in [-0.05, 0) is 6.42 Å². The number of hydrogen-bond acceptors (Lipinski definition) is 13. The van der Waals surface area contributed by atoms with Crippen LogP contribution in [0.1, 0.15) is 19.3 Å². The maximum atomic E-state index is 11.4. The Morgan fingerprint density at radius 2 is 0.689 bits per heavy atom. The van der Waals surface area contributed by atoms with Gasteiger partial charge in [-0.25, -0.2) is 0 Å². The lowest BCUT2D eigenvalue weighted by atomic mass is 10.3. The maximum absolute atomic E-state index is 11.4. The van der Waals surface area contributed by atoms with Gasteiger partial charge in [-0.15, -0.1) is 0 Å². The molecule has 0 aliphatic carbocycles. The lowest BCUT2D eigenvalue weighted by Crippen LogP contribution is -2.25. The Balaban J connectivity index is 3.08. The van der Waals surface area contributed by atoms with Crippen LogP contribution < -0.4 is 5.32 Å². The van der Waals surface area contributed by atoms with Gasteiger partial charge in [-0.2, -0.15) is 0 Å². The first kappa shape index (κ1) is 44.0. The maximum Gasteiger partial charge on any atom is 0.303 e. The number of carbonyl (C=O) groups excluding carboxylic acids is 1. The van der Waals surface area contributed by atoms with Crippen molar-refractivity contribution in [1.82, 2.24) is 5.32 Å². The van der Waals surface area contributed by atoms with Crippen LogP contribution in [-0.2, 0) is 61.7 Å². The summed E-state index contributed by atoms with van der Waals surface area (Å²) in [5, 5.41) is 12.0. The van der Waals surface area contributed by atoms with E-state index in [0.29, 0.717) is 158 Å². The Labute approximate surface area is 276 Å². The fourth-order valence-electron chi connectivity index (χ4n) is 3.07. The number of amides is 1. The van der Waals surface area contributed by atoms with Gasteiger partial charge in [-0.3, -0.25) is 9.59 Å². The Morgan fingerprint density at radius 1 is 0.422 bits per heavy atom. The van der Waals surface area contributed by atoms with Crippen molar-refractivity contribution in [2.75, 3.05) is 157 Å². The fourth-order valence-corrected chi connectivity index (χ4v) is 3.30. The quantitative estimate of drug-likeness (QED) is 0.0680. The highest BCUT2D eigenvalue weighted by atomic mass is 79.9. The van der Waals surface area contributed by atoms with E-state index in [1.54, 1.807) is 0 Å². The molecule has 1 amide bonds. The fraction of sp³-hybridized carbons (Fsp3) is 0.931. The van der Waals surface area contributed by atoms with Crippen LogP contribution in [0.5, 0.6) is 0 Å². The summed E-state index contributed by atoms with van der Waals surface area (Å²) < 4.78 is 59.6. The average molecular weight is 723 g/mol. The molecule has 45 heavy (non-hydrogen) atoms. The second-order valence-corrected chi connectivity index (χ2v) is 9.82. The van der Waals surface area contributed by atoms with Gasteiger partial charge in [0.15, 0.2) is 0 Å². The summed E-state index contributed by atoms with van der Waals surface area (Å²) in [7, 11) is 0. The Kier molecular flexibility index (Phi) is 38.3. The third-order valence-electron chi connectivity index (χ3n) is 5.30. The van der Waals surface area contributed by atoms with E-state index in [4.69, 9.17) is 57.2 Å². The zero-order valence-electron chi connectivity index (χ0n) is 26.7. The van der Waals surface area contributed by atoms with Gasteiger partial charge < -0.3 is 62.5 Å². The third-order valence-corrected chi connectivity index (χ3v) is 5.62. The average Bonchev–Trinajstić information content (AvgIpc) is 3.03. The Morgan fingerprint density at radius 3 is 0.956 bits per heavy atom. The molecule has 0 aromatic heterocycles. The number of carboxylic acids is 1. The number of aliphatic carboxylic acids is 1. The van der Waals surface area contributed by atoms with Crippen LogP contribution in [0.25, 0.3) is 0 Å². The molecule has 0 unspecified atom stereocenters. The number of alkyl halides is 1. The van der Waals surface area contributed by atoms with Crippen molar-refractivity contribution >= 4 is 27.8 Å². The third kappa shape index (κ3) is 41.0. The molecule has 2 N–H and O–H groups in total. The van der Waals surface area contributed by atoms with Crippen LogP contribution in [0.2, 0.25) is 0 Å². The summed E-state index contributed by atoms with van der Waals surface area (Å²) in [4.78, 5) is 21.7. The number of rotatable bonds is 39. The molecule has 0 bridgehead atoms. The largest absolute Gasteiger partial charge is 0.481 e. The normalized spacial score (nSPS) is 11.3. The van der Waals surface area contributed by atoms with Crippen LogP contribution in [0.15, 0.2) is 0 Å². The molecule has 0 fully saturated rings. The molecule has 0 saturated carbocycles. The highest BCUT2D eigenvalue weighted by Crippen LogP contribution is 1.90. The van der Waals surface area contributed by atoms with E-state index < -0.39 is 5.97 Å². The first-order valence-electron chi connectivity index (χ1n) is 15.6. The summed E-state index contributed by atoms with van der Waals surface area (Å²) >= 11 is 3.29. The smallest absolute Gasteiger partial charge is 0.303 e. The van der Waals surface area contributed by atoms with Crippen LogP contribution in [0.4, 0.5) is 0 Å². The molecule has 0 rings (SSSR count). The molecule has 0 atom stereocenters. The summed E-state index contributed by atoms with van der Waals surface area (Å²) in [5.41, 5.74) is 0. The number of carboxylic acid groups (broad SMARTS) is 1. The van der Waals surface area contributed by atoms with Crippen LogP contribution in [-0.4, -0.2) is 174 Å². The van der Waals surface area contributed by atoms with E-state index in [-0.39, 0.29) is 18.7 Å². The molecule has 0 saturated heterocycles. The Hall–Kier alpha value is -1.02. The van der Waals surface area contributed by atoms with Gasteiger partial charge in [0, 0.05) is 24.9 Å². The minimum absolute atomic E-state index is 0.00935. The van der Waals surface area contributed by atoms with Crippen molar-refractivity contribution < 1.29 is 66.8 Å². The number of carbonyl (C=O) groups is 2. The van der Waals surface area contributed by atoms with Gasteiger partial charge in [0.05, 0.1) is 145 Å². The minimum atomic E-state index is -0.982. The van der Waals surface area contributed by atoms with Crippen molar-refractivity contribution in [3.05, 3.63) is 0 Å². The Bertz CT molecular complexity index is 624. The second-order valence-electron chi connectivity index (χ2n) is 9.02. The molecular weight excluding hydrogens is 666 g/mol. The molecule has 0 aromatic carbocycles. The van der Waals surface area contributed by atoms with Gasteiger partial charge in [-0.1, -0.05) is 15.9 Å². The summed E-state index contributed by atoms with van der Waals surface area (Å²) in [5.74, 6) is -1.25. The number of hydrogen-bond donors (Lipinski definition) is 2. The van der Waals surface area contributed by atoms with E-state index in [1.807, 2.05) is 0 Å². The first-order valence-corrected chi connectivity index (χ1v) is 16.7. The summed E-state index contributed by atoms with van der Waals surface area (Å²) in [6.45, 7) is 11.7. The second kappa shape index (κ2) is 39.2. The molecule has 0 aliphatic rings. The van der Waals surface area contributed by atoms with Crippen molar-refractivity contribution in [2.24, 2.45) is 0 Å². The van der Waals surface area contributed by atoms with E-state index in [1.165, 1.54) is 0 Å². The van der Waals surface area contributed by atoms with Crippen LogP contribution >= 0.6 is 15.9 Å². The molecular formula is C29H56BrNO14. The highest BCUT2D eigenvalue weighted by molar-refractivity contribution is 9.09. The number of ether oxygens (including phenoxy) is 11. The van der Waals surface area contributed by atoms with E-state index >= 15 is 0 Å². The van der Waals surface area contributed by atoms with Gasteiger partial charge in [0.1, 0.15) is 0 Å². The summed E-state index contributed by atoms with van der Waals surface area (Å²) in [6, 6.07) is 0. The van der Waals surface area contributed by atoms with E-state index in [0.717, 1.165) is 5.33 Å². The van der Waals surface area contributed by atoms with Gasteiger partial charge in [0.2, 0.25) is 5.91 Å². The highest BCUT2D eigenvalue weighted by Gasteiger charge is 2.04. The van der Waals surface area contributed by atoms with Crippen molar-refractivity contribution in [1.29, 1.82) is 0 Å². The van der Waals surface area contributed by atoms with Crippen LogP contribution in [0, 0.1) is 0 Å². The van der Waals surface area contributed by atoms with Crippen LogP contribution in [0.3, 0.4) is 0 Å². The van der Waals surface area contributed by atoms with Crippen molar-refractivity contribution in [3.63, 3.8) is 0 Å². The minimum Gasteiger partial charge on any atom is -0.481 e. The predicted octanol–water partition coefficient (Wildman–Crippen LogP) is 0.935. The molecule has 0 aromatic rings. The molecule has 16 heteroatoms. The first-order chi connectivity index (χ1) is 22.2. The lowest BCUT2D eigenvalue weighted by Gasteiger charge is -2.09. The number of halogens is 1. The van der Waals surface area contributed by atoms with Crippen molar-refractivity contribution in [3.8, 4) is 0 Å². The SMILES string of the molecule is O=C(O)CCC(=O)NCCCOCCOCCOCCOCCOCCOCCOCCOCCOCCOCCOCCBr. The standard InChI is InChI=1S/C29H56BrNO14/c30-4-7-36-9-11-38-13-15-40-17-19-42-21-23-44-25-27-45-26-24-43-22-20-41-18-16-39-14-12-37-10-8-35-6-1-5-31-28(32)2-3-29(33)34/h1-27H2,(H,31,32)(H,33,34). The van der Waals surface area contributed by atoms with E-state index in [2.05, 4.69) is 21.2 Å². The zero-order chi connectivity index (χ0) is 32.7. The summed E-state index contributed by atoms with van der Waals surface area (Å²) in [6.07, 6.45) is 0.480. The van der Waals surface area contributed by atoms with Gasteiger partial charge >= 0.3 is 5.97 Å². The molecule has 0 aliphatic heterocycles. The molecule has 15 nitrogen and oxygen atoms in total. The molecule has 0 radical (unpaired) electrons.